The number of pyridine rings is 1. The summed E-state index contributed by atoms with van der Waals surface area (Å²) in [6.45, 7) is 1.57. The molecule has 1 aliphatic heterocycles. The van der Waals surface area contributed by atoms with Gasteiger partial charge in [0.25, 0.3) is 5.91 Å². The number of halogens is 1. The van der Waals surface area contributed by atoms with E-state index >= 15 is 0 Å². The maximum Gasteiger partial charge on any atom is 0.274 e. The molecule has 6 heteroatoms. The van der Waals surface area contributed by atoms with Gasteiger partial charge in [0.15, 0.2) is 0 Å². The van der Waals surface area contributed by atoms with Crippen molar-refractivity contribution in [2.45, 2.75) is 18.9 Å². The number of benzene rings is 1. The highest BCUT2D eigenvalue weighted by molar-refractivity contribution is 6.30. The zero-order valence-electron chi connectivity index (χ0n) is 12.6. The van der Waals surface area contributed by atoms with E-state index in [2.05, 4.69) is 15.6 Å². The molecule has 1 fully saturated rings. The SMILES string of the molecule is O=C(Nc1ccc(Cl)cc1)c1cc(NCC2CCCO2)ccn1. The summed E-state index contributed by atoms with van der Waals surface area (Å²) >= 11 is 5.83. The number of carbonyl (C=O) groups is 1. The van der Waals surface area contributed by atoms with Gasteiger partial charge in [0.05, 0.1) is 6.10 Å². The largest absolute Gasteiger partial charge is 0.382 e. The molecule has 23 heavy (non-hydrogen) atoms. The van der Waals surface area contributed by atoms with E-state index < -0.39 is 0 Å². The molecule has 1 atom stereocenters. The Kier molecular flexibility index (Phi) is 5.10. The molecule has 0 saturated carbocycles. The van der Waals surface area contributed by atoms with E-state index in [1.165, 1.54) is 0 Å². The Labute approximate surface area is 140 Å². The highest BCUT2D eigenvalue weighted by atomic mass is 35.5. The van der Waals surface area contributed by atoms with Gasteiger partial charge < -0.3 is 15.4 Å². The molecule has 1 unspecified atom stereocenters. The molecule has 0 bridgehead atoms. The molecular formula is C17H18ClN3O2. The van der Waals surface area contributed by atoms with Crippen LogP contribution in [0.5, 0.6) is 0 Å². The molecule has 120 valence electrons. The van der Waals surface area contributed by atoms with Crippen molar-refractivity contribution in [1.82, 2.24) is 4.98 Å². The van der Waals surface area contributed by atoms with Crippen LogP contribution in [0.25, 0.3) is 0 Å². The highest BCUT2D eigenvalue weighted by Gasteiger charge is 2.15. The number of nitrogens with one attached hydrogen (secondary N) is 2. The number of nitrogens with zero attached hydrogens (tertiary/aromatic N) is 1. The lowest BCUT2D eigenvalue weighted by atomic mass is 10.2. The van der Waals surface area contributed by atoms with E-state index in [0.717, 1.165) is 31.7 Å². The van der Waals surface area contributed by atoms with Crippen LogP contribution in [-0.4, -0.2) is 30.1 Å². The Hall–Kier alpha value is -2.11. The fourth-order valence-electron chi connectivity index (χ4n) is 2.43. The molecule has 0 spiro atoms. The maximum absolute atomic E-state index is 12.3. The van der Waals surface area contributed by atoms with Crippen LogP contribution in [0.2, 0.25) is 5.02 Å². The van der Waals surface area contributed by atoms with Crippen LogP contribution in [0.1, 0.15) is 23.3 Å². The molecule has 0 aliphatic carbocycles. The van der Waals surface area contributed by atoms with Crippen molar-refractivity contribution in [1.29, 1.82) is 0 Å². The van der Waals surface area contributed by atoms with E-state index in [9.17, 15) is 4.79 Å². The zero-order chi connectivity index (χ0) is 16.1. The Morgan fingerprint density at radius 3 is 2.83 bits per heavy atom. The normalized spacial score (nSPS) is 17.0. The zero-order valence-corrected chi connectivity index (χ0v) is 13.3. The summed E-state index contributed by atoms with van der Waals surface area (Å²) in [6.07, 6.45) is 4.04. The summed E-state index contributed by atoms with van der Waals surface area (Å²) in [5, 5.41) is 6.71. The summed E-state index contributed by atoms with van der Waals surface area (Å²) in [5.41, 5.74) is 1.90. The average Bonchev–Trinajstić information content (AvgIpc) is 3.09. The minimum absolute atomic E-state index is 0.245. The molecule has 1 aromatic carbocycles. The van der Waals surface area contributed by atoms with Crippen LogP contribution in [0.15, 0.2) is 42.6 Å². The molecule has 1 aromatic heterocycles. The topological polar surface area (TPSA) is 63.2 Å². The number of carbonyl (C=O) groups excluding carboxylic acids is 1. The number of anilines is 2. The fraction of sp³-hybridized carbons (Fsp3) is 0.294. The van der Waals surface area contributed by atoms with Gasteiger partial charge in [0.1, 0.15) is 5.69 Å². The van der Waals surface area contributed by atoms with E-state index in [4.69, 9.17) is 16.3 Å². The Balaban J connectivity index is 1.61. The Morgan fingerprint density at radius 1 is 1.26 bits per heavy atom. The lowest BCUT2D eigenvalue weighted by Gasteiger charge is -2.12. The van der Waals surface area contributed by atoms with Gasteiger partial charge in [-0.25, -0.2) is 0 Å². The Morgan fingerprint density at radius 2 is 2.09 bits per heavy atom. The van der Waals surface area contributed by atoms with E-state index in [0.29, 0.717) is 16.4 Å². The second-order valence-corrected chi connectivity index (χ2v) is 5.84. The first-order valence-corrected chi connectivity index (χ1v) is 7.97. The number of rotatable bonds is 5. The van der Waals surface area contributed by atoms with Gasteiger partial charge in [-0.3, -0.25) is 9.78 Å². The van der Waals surface area contributed by atoms with Gasteiger partial charge in [-0.1, -0.05) is 11.6 Å². The lowest BCUT2D eigenvalue weighted by molar-refractivity contribution is 0.102. The van der Waals surface area contributed by atoms with Crippen LogP contribution < -0.4 is 10.6 Å². The maximum atomic E-state index is 12.3. The van der Waals surface area contributed by atoms with Crippen LogP contribution in [-0.2, 0) is 4.74 Å². The summed E-state index contributed by atoms with van der Waals surface area (Å²) < 4.78 is 5.57. The van der Waals surface area contributed by atoms with Crippen LogP contribution >= 0.6 is 11.6 Å². The number of ether oxygens (including phenoxy) is 1. The van der Waals surface area contributed by atoms with Crippen LogP contribution in [0.4, 0.5) is 11.4 Å². The molecule has 1 saturated heterocycles. The van der Waals surface area contributed by atoms with Crippen molar-refractivity contribution < 1.29 is 9.53 Å². The lowest BCUT2D eigenvalue weighted by Crippen LogP contribution is -2.19. The van der Waals surface area contributed by atoms with Gasteiger partial charge in [0.2, 0.25) is 0 Å². The van der Waals surface area contributed by atoms with Gasteiger partial charge in [-0.2, -0.15) is 0 Å². The fourth-order valence-corrected chi connectivity index (χ4v) is 2.56. The van der Waals surface area contributed by atoms with Gasteiger partial charge >= 0.3 is 0 Å². The monoisotopic (exact) mass is 331 g/mol. The van der Waals surface area contributed by atoms with E-state index in [1.807, 2.05) is 6.07 Å². The molecule has 1 amide bonds. The summed E-state index contributed by atoms with van der Waals surface area (Å²) in [5.74, 6) is -0.256. The van der Waals surface area contributed by atoms with Gasteiger partial charge in [-0.05, 0) is 49.2 Å². The van der Waals surface area contributed by atoms with E-state index in [1.54, 1.807) is 36.5 Å². The number of hydrogen-bond donors (Lipinski definition) is 2. The number of aromatic nitrogens is 1. The third kappa shape index (κ3) is 4.43. The Bertz CT molecular complexity index is 670. The third-order valence-corrected chi connectivity index (χ3v) is 3.90. The van der Waals surface area contributed by atoms with Gasteiger partial charge in [-0.15, -0.1) is 0 Å². The quantitative estimate of drug-likeness (QED) is 0.879. The second kappa shape index (κ2) is 7.44. The third-order valence-electron chi connectivity index (χ3n) is 3.65. The summed E-state index contributed by atoms with van der Waals surface area (Å²) in [4.78, 5) is 16.4. The molecule has 2 aromatic rings. The van der Waals surface area contributed by atoms with Crippen molar-refractivity contribution in [3.8, 4) is 0 Å². The molecule has 1 aliphatic rings. The number of hydrogen-bond acceptors (Lipinski definition) is 4. The van der Waals surface area contributed by atoms with Crippen molar-refractivity contribution in [2.75, 3.05) is 23.8 Å². The van der Waals surface area contributed by atoms with Crippen molar-refractivity contribution >= 4 is 28.9 Å². The highest BCUT2D eigenvalue weighted by Crippen LogP contribution is 2.16. The smallest absolute Gasteiger partial charge is 0.274 e. The average molecular weight is 332 g/mol. The van der Waals surface area contributed by atoms with Gasteiger partial charge in [0, 0.05) is 35.7 Å². The molecular weight excluding hydrogens is 314 g/mol. The molecule has 3 rings (SSSR count). The summed E-state index contributed by atoms with van der Waals surface area (Å²) in [6, 6.07) is 10.5. The number of amides is 1. The molecule has 2 N–H and O–H groups in total. The first kappa shape index (κ1) is 15.8. The summed E-state index contributed by atoms with van der Waals surface area (Å²) in [7, 11) is 0. The minimum Gasteiger partial charge on any atom is -0.382 e. The van der Waals surface area contributed by atoms with Crippen LogP contribution in [0, 0.1) is 0 Å². The molecule has 2 heterocycles. The molecule has 0 radical (unpaired) electrons. The van der Waals surface area contributed by atoms with Crippen LogP contribution in [0.3, 0.4) is 0 Å². The minimum atomic E-state index is -0.256. The second-order valence-electron chi connectivity index (χ2n) is 5.41. The van der Waals surface area contributed by atoms with Crippen molar-refractivity contribution in [2.24, 2.45) is 0 Å². The standard InChI is InChI=1S/C17H18ClN3O2/c18-12-3-5-13(6-4-12)21-17(22)16-10-14(7-8-19-16)20-11-15-2-1-9-23-15/h3-8,10,15H,1-2,9,11H2,(H,19,20)(H,21,22). The predicted octanol–water partition coefficient (Wildman–Crippen LogP) is 3.58. The van der Waals surface area contributed by atoms with E-state index in [-0.39, 0.29) is 12.0 Å². The van der Waals surface area contributed by atoms with Crippen molar-refractivity contribution in [3.05, 3.63) is 53.3 Å². The van der Waals surface area contributed by atoms with Crippen molar-refractivity contribution in [3.63, 3.8) is 0 Å². The predicted molar refractivity (Wildman–Crippen MR) is 91.1 cm³/mol. The first-order chi connectivity index (χ1) is 11.2. The first-order valence-electron chi connectivity index (χ1n) is 7.59. The molecule has 5 nitrogen and oxygen atoms in total.